The Morgan fingerprint density at radius 3 is 2.79 bits per heavy atom. The highest BCUT2D eigenvalue weighted by Crippen LogP contribution is 2.31. The molecule has 1 aliphatic rings. The third kappa shape index (κ3) is 3.44. The zero-order valence-electron chi connectivity index (χ0n) is 17.6. The normalized spacial score (nSPS) is 14.5. The van der Waals surface area contributed by atoms with Crippen LogP contribution in [0.5, 0.6) is 0 Å². The first kappa shape index (κ1) is 19.3. The van der Waals surface area contributed by atoms with Gasteiger partial charge in [-0.3, -0.25) is 14.1 Å². The number of hydrogen-bond acceptors (Lipinski definition) is 8. The lowest BCUT2D eigenvalue weighted by molar-refractivity contribution is 0.0710. The Morgan fingerprint density at radius 2 is 1.97 bits per heavy atom. The molecule has 0 spiro atoms. The van der Waals surface area contributed by atoms with Crippen molar-refractivity contribution in [1.29, 1.82) is 5.26 Å². The molecule has 0 radical (unpaired) electrons. The molecule has 10 heteroatoms. The van der Waals surface area contributed by atoms with Crippen LogP contribution < -0.4 is 5.32 Å². The highest BCUT2D eigenvalue weighted by Gasteiger charge is 2.24. The van der Waals surface area contributed by atoms with Crippen molar-refractivity contribution in [2.75, 3.05) is 18.5 Å². The maximum absolute atomic E-state index is 9.30. The third-order valence-electron chi connectivity index (χ3n) is 5.79. The van der Waals surface area contributed by atoms with Crippen LogP contribution in [0.3, 0.4) is 0 Å². The van der Waals surface area contributed by atoms with Gasteiger partial charge in [0.25, 0.3) is 0 Å². The molecule has 5 aromatic rings. The predicted octanol–water partition coefficient (Wildman–Crippen LogP) is 3.53. The van der Waals surface area contributed by atoms with Crippen LogP contribution in [-0.2, 0) is 4.74 Å². The number of aromatic nitrogens is 7. The van der Waals surface area contributed by atoms with Gasteiger partial charge in [0.1, 0.15) is 11.8 Å². The summed E-state index contributed by atoms with van der Waals surface area (Å²) < 4.78 is 9.52. The summed E-state index contributed by atoms with van der Waals surface area (Å²) in [4.78, 5) is 22.9. The van der Waals surface area contributed by atoms with Crippen LogP contribution in [0.2, 0.25) is 0 Å². The monoisotopic (exact) mass is 437 g/mol. The zero-order chi connectivity index (χ0) is 22.2. The van der Waals surface area contributed by atoms with Crippen molar-refractivity contribution < 1.29 is 4.74 Å². The SMILES string of the molecule is N#Cc1ccc2ncn(-c3ncc4nc(Nc5cccnc5)n(C5CCOCC5)c4n3)c2c1. The second kappa shape index (κ2) is 7.96. The summed E-state index contributed by atoms with van der Waals surface area (Å²) in [5.41, 5.74) is 4.38. The number of imidazole rings is 2. The number of nitrogens with one attached hydrogen (secondary N) is 1. The van der Waals surface area contributed by atoms with Gasteiger partial charge in [0, 0.05) is 25.5 Å². The minimum absolute atomic E-state index is 0.190. The van der Waals surface area contributed by atoms with Crippen molar-refractivity contribution in [2.45, 2.75) is 18.9 Å². The fourth-order valence-corrected chi connectivity index (χ4v) is 4.18. The Labute approximate surface area is 188 Å². The molecule has 0 unspecified atom stereocenters. The first-order valence-corrected chi connectivity index (χ1v) is 10.7. The van der Waals surface area contributed by atoms with Crippen molar-refractivity contribution >= 4 is 33.8 Å². The van der Waals surface area contributed by atoms with Gasteiger partial charge in [-0.1, -0.05) is 0 Å². The summed E-state index contributed by atoms with van der Waals surface area (Å²) in [6.45, 7) is 1.38. The van der Waals surface area contributed by atoms with Crippen LogP contribution in [0.25, 0.3) is 28.1 Å². The summed E-state index contributed by atoms with van der Waals surface area (Å²) in [6.07, 6.45) is 8.63. The van der Waals surface area contributed by atoms with Crippen LogP contribution in [0, 0.1) is 11.3 Å². The Balaban J connectivity index is 1.51. The number of fused-ring (bicyclic) bond motifs is 2. The van der Waals surface area contributed by atoms with Gasteiger partial charge in [-0.05, 0) is 43.2 Å². The molecule has 0 aliphatic carbocycles. The first-order chi connectivity index (χ1) is 16.3. The quantitative estimate of drug-likeness (QED) is 0.453. The van der Waals surface area contributed by atoms with Crippen molar-refractivity contribution in [1.82, 2.24) is 34.1 Å². The predicted molar refractivity (Wildman–Crippen MR) is 121 cm³/mol. The fourth-order valence-electron chi connectivity index (χ4n) is 4.18. The summed E-state index contributed by atoms with van der Waals surface area (Å²) in [5, 5.41) is 12.7. The lowest BCUT2D eigenvalue weighted by atomic mass is 10.1. The molecule has 0 bridgehead atoms. The van der Waals surface area contributed by atoms with Crippen molar-refractivity contribution in [3.05, 3.63) is 60.8 Å². The average molecular weight is 437 g/mol. The number of hydrogen-bond donors (Lipinski definition) is 1. The number of ether oxygens (including phenoxy) is 1. The molecule has 0 amide bonds. The molecule has 5 heterocycles. The minimum Gasteiger partial charge on any atom is -0.381 e. The Bertz CT molecular complexity index is 1490. The first-order valence-electron chi connectivity index (χ1n) is 10.7. The second-order valence-electron chi connectivity index (χ2n) is 7.82. The molecule has 6 rings (SSSR count). The van der Waals surface area contributed by atoms with Crippen molar-refractivity contribution in [2.24, 2.45) is 0 Å². The second-order valence-corrected chi connectivity index (χ2v) is 7.82. The van der Waals surface area contributed by atoms with E-state index < -0.39 is 0 Å². The molecule has 4 aromatic heterocycles. The highest BCUT2D eigenvalue weighted by atomic mass is 16.5. The molecular formula is C23H19N9O. The van der Waals surface area contributed by atoms with E-state index in [1.807, 2.05) is 18.2 Å². The van der Waals surface area contributed by atoms with Gasteiger partial charge < -0.3 is 10.1 Å². The minimum atomic E-state index is 0.190. The standard InChI is InChI=1S/C23H19N9O/c24-11-15-3-4-18-20(10-15)31(14-27-18)22-26-13-19-21(30-22)32(17-5-8-33-9-6-17)23(29-19)28-16-2-1-7-25-12-16/h1-4,7,10,12-14,17H,5-6,8-9H2,(H,28,29). The number of pyridine rings is 1. The van der Waals surface area contributed by atoms with E-state index in [9.17, 15) is 5.26 Å². The largest absolute Gasteiger partial charge is 0.381 e. The molecule has 0 atom stereocenters. The average Bonchev–Trinajstić information content (AvgIpc) is 3.45. The van der Waals surface area contributed by atoms with Crippen molar-refractivity contribution in [3.8, 4) is 12.0 Å². The number of nitrogens with zero attached hydrogens (tertiary/aromatic N) is 8. The molecule has 1 aromatic carbocycles. The summed E-state index contributed by atoms with van der Waals surface area (Å²) >= 11 is 0. The number of nitriles is 1. The topological polar surface area (TPSA) is 119 Å². The smallest absolute Gasteiger partial charge is 0.237 e. The van der Waals surface area contributed by atoms with E-state index in [0.29, 0.717) is 36.2 Å². The van der Waals surface area contributed by atoms with Gasteiger partial charge in [0.05, 0.1) is 40.7 Å². The van der Waals surface area contributed by atoms with Gasteiger partial charge in [-0.2, -0.15) is 10.2 Å². The van der Waals surface area contributed by atoms with Gasteiger partial charge in [0.15, 0.2) is 5.65 Å². The summed E-state index contributed by atoms with van der Waals surface area (Å²) in [7, 11) is 0. The van der Waals surface area contributed by atoms with E-state index in [4.69, 9.17) is 14.7 Å². The lowest BCUT2D eigenvalue weighted by Crippen LogP contribution is -2.21. The lowest BCUT2D eigenvalue weighted by Gasteiger charge is -2.25. The van der Waals surface area contributed by atoms with E-state index in [2.05, 4.69) is 30.9 Å². The molecule has 10 nitrogen and oxygen atoms in total. The highest BCUT2D eigenvalue weighted by molar-refractivity contribution is 5.80. The fraction of sp³-hybridized carbons (Fsp3) is 0.217. The van der Waals surface area contributed by atoms with E-state index in [1.165, 1.54) is 0 Å². The van der Waals surface area contributed by atoms with E-state index in [1.54, 1.807) is 41.6 Å². The van der Waals surface area contributed by atoms with E-state index >= 15 is 0 Å². The summed E-state index contributed by atoms with van der Waals surface area (Å²) in [5.74, 6) is 1.17. The molecule has 33 heavy (non-hydrogen) atoms. The Morgan fingerprint density at radius 1 is 1.06 bits per heavy atom. The van der Waals surface area contributed by atoms with Gasteiger partial charge in [-0.15, -0.1) is 0 Å². The van der Waals surface area contributed by atoms with Gasteiger partial charge in [-0.25, -0.2) is 15.0 Å². The van der Waals surface area contributed by atoms with Crippen LogP contribution in [0.15, 0.2) is 55.2 Å². The van der Waals surface area contributed by atoms with Gasteiger partial charge in [0.2, 0.25) is 11.9 Å². The van der Waals surface area contributed by atoms with Crippen LogP contribution in [0.1, 0.15) is 24.4 Å². The van der Waals surface area contributed by atoms with Crippen molar-refractivity contribution in [3.63, 3.8) is 0 Å². The Kier molecular flexibility index (Phi) is 4.66. The maximum atomic E-state index is 9.30. The number of benzene rings is 1. The molecule has 0 saturated carbocycles. The summed E-state index contributed by atoms with van der Waals surface area (Å²) in [6, 6.07) is 11.6. The number of rotatable bonds is 4. The van der Waals surface area contributed by atoms with Crippen LogP contribution >= 0.6 is 0 Å². The molecule has 162 valence electrons. The Hall–Kier alpha value is -4.36. The molecule has 1 saturated heterocycles. The van der Waals surface area contributed by atoms with E-state index in [0.717, 1.165) is 35.2 Å². The molecule has 1 aliphatic heterocycles. The van der Waals surface area contributed by atoms with E-state index in [-0.39, 0.29) is 6.04 Å². The molecule has 1 fully saturated rings. The maximum Gasteiger partial charge on any atom is 0.237 e. The zero-order valence-corrected chi connectivity index (χ0v) is 17.6. The molecular weight excluding hydrogens is 418 g/mol. The van der Waals surface area contributed by atoms with Gasteiger partial charge >= 0.3 is 0 Å². The van der Waals surface area contributed by atoms with Crippen LogP contribution in [0.4, 0.5) is 11.6 Å². The third-order valence-corrected chi connectivity index (χ3v) is 5.79. The molecule has 1 N–H and O–H groups in total. The number of anilines is 2. The van der Waals surface area contributed by atoms with Crippen LogP contribution in [-0.4, -0.2) is 47.3 Å².